The highest BCUT2D eigenvalue weighted by molar-refractivity contribution is 14.0. The van der Waals surface area contributed by atoms with Gasteiger partial charge < -0.3 is 16.2 Å². The van der Waals surface area contributed by atoms with E-state index in [1.807, 2.05) is 12.1 Å². The highest BCUT2D eigenvalue weighted by atomic mass is 127. The number of fused-ring (bicyclic) bond motifs is 1. The van der Waals surface area contributed by atoms with Crippen LogP contribution in [-0.2, 0) is 18.4 Å². The van der Waals surface area contributed by atoms with Gasteiger partial charge in [0.05, 0.1) is 6.54 Å². The lowest BCUT2D eigenvalue weighted by molar-refractivity contribution is 0.0634. The molecule has 0 amide bonds. The summed E-state index contributed by atoms with van der Waals surface area (Å²) in [5, 5.41) is 13.4. The molecule has 0 aromatic heterocycles. The number of anilines is 1. The summed E-state index contributed by atoms with van der Waals surface area (Å²) in [6, 6.07) is 9.10. The average molecular weight is 473 g/mol. The zero-order chi connectivity index (χ0) is 18.0. The van der Waals surface area contributed by atoms with Crippen LogP contribution in [0, 0.1) is 11.6 Å². The number of aliphatic imine (C=N–C) groups is 1. The van der Waals surface area contributed by atoms with Crippen LogP contribution in [-0.4, -0.2) is 17.6 Å². The minimum absolute atomic E-state index is 0. The Morgan fingerprint density at radius 1 is 1.19 bits per heavy atom. The molecule has 3 rings (SSSR count). The van der Waals surface area contributed by atoms with Gasteiger partial charge in [0.2, 0.25) is 0 Å². The van der Waals surface area contributed by atoms with Crippen molar-refractivity contribution in [2.45, 2.75) is 31.8 Å². The molecule has 4 nitrogen and oxygen atoms in total. The molecule has 0 spiro atoms. The number of aryl methyl sites for hydroxylation is 2. The third kappa shape index (κ3) is 4.70. The molecule has 0 aliphatic heterocycles. The topological polar surface area (TPSA) is 70.6 Å². The second-order valence-corrected chi connectivity index (χ2v) is 6.56. The Morgan fingerprint density at radius 2 is 1.92 bits per heavy atom. The van der Waals surface area contributed by atoms with Crippen molar-refractivity contribution in [3.63, 3.8) is 0 Å². The maximum atomic E-state index is 13.8. The summed E-state index contributed by atoms with van der Waals surface area (Å²) in [4.78, 5) is 4.10. The first kappa shape index (κ1) is 20.6. The van der Waals surface area contributed by atoms with Gasteiger partial charge in [-0.15, -0.1) is 24.0 Å². The number of guanidine groups is 1. The van der Waals surface area contributed by atoms with Crippen LogP contribution < -0.4 is 11.1 Å². The van der Waals surface area contributed by atoms with Gasteiger partial charge in [-0.05, 0) is 55.5 Å². The molecule has 0 saturated heterocycles. The molecular formula is C19H22F2IN3O. The molecule has 0 bridgehead atoms. The van der Waals surface area contributed by atoms with Gasteiger partial charge in [0, 0.05) is 17.3 Å². The van der Waals surface area contributed by atoms with Crippen LogP contribution >= 0.6 is 24.0 Å². The van der Waals surface area contributed by atoms with Gasteiger partial charge in [0.25, 0.3) is 0 Å². The normalized spacial score (nSPS) is 15.8. The van der Waals surface area contributed by atoms with Gasteiger partial charge in [-0.1, -0.05) is 12.1 Å². The molecule has 0 heterocycles. The second kappa shape index (κ2) is 8.30. The molecule has 1 aliphatic carbocycles. The monoisotopic (exact) mass is 473 g/mol. The van der Waals surface area contributed by atoms with Gasteiger partial charge in [-0.25, -0.2) is 13.8 Å². The third-order valence-corrected chi connectivity index (χ3v) is 4.44. The molecule has 0 saturated carbocycles. The van der Waals surface area contributed by atoms with Crippen LogP contribution in [0.25, 0.3) is 0 Å². The maximum Gasteiger partial charge on any atom is 0.193 e. The lowest BCUT2D eigenvalue weighted by Gasteiger charge is -2.22. The molecular weight excluding hydrogens is 451 g/mol. The minimum Gasteiger partial charge on any atom is -0.383 e. The summed E-state index contributed by atoms with van der Waals surface area (Å²) < 4.78 is 26.9. The molecule has 2 aromatic carbocycles. The fraction of sp³-hybridized carbons (Fsp3) is 0.316. The number of hydrogen-bond acceptors (Lipinski definition) is 2. The number of aliphatic hydroxyl groups is 1. The molecule has 140 valence electrons. The Morgan fingerprint density at radius 3 is 2.65 bits per heavy atom. The van der Waals surface area contributed by atoms with E-state index in [-0.39, 0.29) is 42.0 Å². The Bertz CT molecular complexity index is 824. The van der Waals surface area contributed by atoms with Crippen molar-refractivity contribution in [3.05, 3.63) is 64.7 Å². The molecule has 0 fully saturated rings. The zero-order valence-electron chi connectivity index (χ0n) is 14.4. The number of nitrogens with zero attached hydrogens (tertiary/aromatic N) is 1. The number of halogens is 3. The summed E-state index contributed by atoms with van der Waals surface area (Å²) in [5.74, 6) is -1.38. The minimum atomic E-state index is -1.60. The molecule has 2 aromatic rings. The molecule has 26 heavy (non-hydrogen) atoms. The van der Waals surface area contributed by atoms with Crippen molar-refractivity contribution in [2.75, 3.05) is 11.9 Å². The Balaban J connectivity index is 0.00000243. The van der Waals surface area contributed by atoms with E-state index in [0.717, 1.165) is 37.1 Å². The lowest BCUT2D eigenvalue weighted by atomic mass is 9.95. The Labute approximate surface area is 168 Å². The standard InChI is InChI=1S/C19H21F2N3O.HI/c1-19(25,16-8-6-14(20)10-17(16)21)11-23-18(22)24-15-7-5-12-3-2-4-13(12)9-15;/h5-10,25H,2-4,11H2,1H3,(H3,22,23,24);1H. The number of hydrogen-bond donors (Lipinski definition) is 3. The smallest absolute Gasteiger partial charge is 0.193 e. The number of benzene rings is 2. The van der Waals surface area contributed by atoms with Crippen LogP contribution in [0.4, 0.5) is 14.5 Å². The van der Waals surface area contributed by atoms with Crippen molar-refractivity contribution in [1.29, 1.82) is 0 Å². The first-order valence-corrected chi connectivity index (χ1v) is 8.22. The van der Waals surface area contributed by atoms with E-state index in [2.05, 4.69) is 16.4 Å². The fourth-order valence-electron chi connectivity index (χ4n) is 3.09. The van der Waals surface area contributed by atoms with Crippen molar-refractivity contribution in [1.82, 2.24) is 0 Å². The van der Waals surface area contributed by atoms with Crippen LogP contribution in [0.5, 0.6) is 0 Å². The number of nitrogens with one attached hydrogen (secondary N) is 1. The van der Waals surface area contributed by atoms with E-state index in [1.54, 1.807) is 0 Å². The zero-order valence-corrected chi connectivity index (χ0v) is 16.8. The quantitative estimate of drug-likeness (QED) is 0.361. The van der Waals surface area contributed by atoms with E-state index in [0.29, 0.717) is 0 Å². The molecule has 7 heteroatoms. The predicted octanol–water partition coefficient (Wildman–Crippen LogP) is 3.71. The van der Waals surface area contributed by atoms with E-state index >= 15 is 0 Å². The van der Waals surface area contributed by atoms with Crippen LogP contribution in [0.1, 0.15) is 30.0 Å². The van der Waals surface area contributed by atoms with E-state index < -0.39 is 17.2 Å². The summed E-state index contributed by atoms with van der Waals surface area (Å²) in [6.45, 7) is 1.26. The van der Waals surface area contributed by atoms with Crippen LogP contribution in [0.15, 0.2) is 41.4 Å². The first-order chi connectivity index (χ1) is 11.8. The fourth-order valence-corrected chi connectivity index (χ4v) is 3.09. The van der Waals surface area contributed by atoms with Gasteiger partial charge >= 0.3 is 0 Å². The molecule has 4 N–H and O–H groups in total. The second-order valence-electron chi connectivity index (χ2n) is 6.56. The summed E-state index contributed by atoms with van der Waals surface area (Å²) in [7, 11) is 0. The highest BCUT2D eigenvalue weighted by Crippen LogP contribution is 2.26. The Kier molecular flexibility index (Phi) is 6.57. The molecule has 0 radical (unpaired) electrons. The highest BCUT2D eigenvalue weighted by Gasteiger charge is 2.26. The van der Waals surface area contributed by atoms with E-state index in [9.17, 15) is 13.9 Å². The third-order valence-electron chi connectivity index (χ3n) is 4.44. The van der Waals surface area contributed by atoms with Crippen molar-refractivity contribution in [2.24, 2.45) is 10.7 Å². The molecule has 1 atom stereocenters. The van der Waals surface area contributed by atoms with Crippen molar-refractivity contribution >= 4 is 35.6 Å². The van der Waals surface area contributed by atoms with Crippen molar-refractivity contribution in [3.8, 4) is 0 Å². The Hall–Kier alpha value is -1.74. The predicted molar refractivity (Wildman–Crippen MR) is 110 cm³/mol. The average Bonchev–Trinajstić information content (AvgIpc) is 3.00. The SMILES string of the molecule is CC(O)(CN=C(N)Nc1ccc2c(c1)CCC2)c1ccc(F)cc1F.I. The van der Waals surface area contributed by atoms with Crippen LogP contribution in [0.3, 0.4) is 0 Å². The maximum absolute atomic E-state index is 13.8. The number of rotatable bonds is 4. The van der Waals surface area contributed by atoms with Gasteiger partial charge in [0.1, 0.15) is 17.2 Å². The summed E-state index contributed by atoms with van der Waals surface area (Å²) in [6.07, 6.45) is 3.32. The lowest BCUT2D eigenvalue weighted by Crippen LogP contribution is -2.30. The summed E-state index contributed by atoms with van der Waals surface area (Å²) in [5.41, 5.74) is 7.74. The van der Waals surface area contributed by atoms with Crippen molar-refractivity contribution < 1.29 is 13.9 Å². The molecule has 1 aliphatic rings. The van der Waals surface area contributed by atoms with Gasteiger partial charge in [0.15, 0.2) is 5.96 Å². The van der Waals surface area contributed by atoms with E-state index in [4.69, 9.17) is 5.73 Å². The van der Waals surface area contributed by atoms with Gasteiger partial charge in [-0.3, -0.25) is 0 Å². The molecule has 1 unspecified atom stereocenters. The van der Waals surface area contributed by atoms with Gasteiger partial charge in [-0.2, -0.15) is 0 Å². The number of nitrogens with two attached hydrogens (primary N) is 1. The largest absolute Gasteiger partial charge is 0.383 e. The van der Waals surface area contributed by atoms with E-state index in [1.165, 1.54) is 24.1 Å². The first-order valence-electron chi connectivity index (χ1n) is 8.22. The summed E-state index contributed by atoms with van der Waals surface area (Å²) >= 11 is 0. The van der Waals surface area contributed by atoms with Crippen LogP contribution in [0.2, 0.25) is 0 Å².